The van der Waals surface area contributed by atoms with Crippen LogP contribution in [0.2, 0.25) is 0 Å². The molecule has 1 aromatic carbocycles. The van der Waals surface area contributed by atoms with Gasteiger partial charge in [-0.3, -0.25) is 10.1 Å². The van der Waals surface area contributed by atoms with Crippen LogP contribution in [0.4, 0.5) is 5.95 Å². The molecule has 6 nitrogen and oxygen atoms in total. The molecule has 0 unspecified atom stereocenters. The number of hydrogen-bond donors (Lipinski definition) is 3. The van der Waals surface area contributed by atoms with Gasteiger partial charge in [0.05, 0.1) is 0 Å². The molecular formula is C10H9N5OS. The Labute approximate surface area is 102 Å². The molecule has 0 aliphatic rings. The zero-order valence-electron chi connectivity index (χ0n) is 8.68. The van der Waals surface area contributed by atoms with Crippen molar-refractivity contribution in [3.63, 3.8) is 0 Å². The highest BCUT2D eigenvalue weighted by molar-refractivity contribution is 7.80. The molecule has 0 spiro atoms. The highest BCUT2D eigenvalue weighted by atomic mass is 32.1. The number of hydrogen-bond acceptors (Lipinski definition) is 4. The third-order valence-electron chi connectivity index (χ3n) is 1.91. The fourth-order valence-corrected chi connectivity index (χ4v) is 1.36. The number of carbonyl (C=O) groups excluding carboxylic acids is 1. The van der Waals surface area contributed by atoms with Crippen molar-refractivity contribution in [3.8, 4) is 0 Å². The van der Waals surface area contributed by atoms with E-state index >= 15 is 0 Å². The van der Waals surface area contributed by atoms with Crippen LogP contribution in [0.3, 0.4) is 0 Å². The first-order valence-electron chi connectivity index (χ1n) is 4.78. The average molecular weight is 247 g/mol. The molecule has 2 rings (SSSR count). The van der Waals surface area contributed by atoms with Crippen molar-refractivity contribution in [1.29, 1.82) is 0 Å². The maximum atomic E-state index is 11.7. The van der Waals surface area contributed by atoms with Crippen LogP contribution in [-0.2, 0) is 0 Å². The topological polar surface area (TPSA) is 82.7 Å². The van der Waals surface area contributed by atoms with Crippen LogP contribution in [0.15, 0.2) is 36.7 Å². The van der Waals surface area contributed by atoms with Gasteiger partial charge in [0.2, 0.25) is 5.95 Å². The van der Waals surface area contributed by atoms with Gasteiger partial charge in [-0.2, -0.15) is 10.1 Å². The molecular weight excluding hydrogens is 238 g/mol. The molecule has 0 saturated heterocycles. The lowest BCUT2D eigenvalue weighted by molar-refractivity contribution is 0.0978. The molecule has 1 aromatic heterocycles. The number of H-pyrrole nitrogens is 1. The second-order valence-corrected chi connectivity index (χ2v) is 3.52. The lowest BCUT2D eigenvalue weighted by Crippen LogP contribution is -2.34. The van der Waals surface area contributed by atoms with E-state index in [0.29, 0.717) is 11.5 Å². The summed E-state index contributed by atoms with van der Waals surface area (Å²) < 4.78 is 0. The molecule has 0 aliphatic heterocycles. The van der Waals surface area contributed by atoms with Crippen molar-refractivity contribution in [2.24, 2.45) is 0 Å². The Bertz CT molecular complexity index is 511. The van der Waals surface area contributed by atoms with Crippen LogP contribution in [0.5, 0.6) is 0 Å². The van der Waals surface area contributed by atoms with E-state index in [1.54, 1.807) is 24.3 Å². The van der Waals surface area contributed by atoms with Crippen LogP contribution in [0, 0.1) is 0 Å². The summed E-state index contributed by atoms with van der Waals surface area (Å²) in [5.74, 6) is 0.103. The van der Waals surface area contributed by atoms with Gasteiger partial charge in [0.1, 0.15) is 6.33 Å². The van der Waals surface area contributed by atoms with Gasteiger partial charge in [-0.05, 0) is 24.4 Å². The molecule has 0 aliphatic carbocycles. The summed E-state index contributed by atoms with van der Waals surface area (Å²) in [5.41, 5.74) is 0.536. The Morgan fingerprint density at radius 2 is 2.06 bits per heavy atom. The van der Waals surface area contributed by atoms with Crippen molar-refractivity contribution in [2.45, 2.75) is 0 Å². The number of carbonyl (C=O) groups is 1. The van der Waals surface area contributed by atoms with E-state index in [1.165, 1.54) is 6.33 Å². The molecule has 2 aromatic rings. The van der Waals surface area contributed by atoms with Crippen LogP contribution < -0.4 is 10.6 Å². The summed E-state index contributed by atoms with van der Waals surface area (Å²) in [6.45, 7) is 0. The van der Waals surface area contributed by atoms with Crippen LogP contribution >= 0.6 is 12.2 Å². The normalized spacial score (nSPS) is 9.65. The Balaban J connectivity index is 1.93. The summed E-state index contributed by atoms with van der Waals surface area (Å²) in [6.07, 6.45) is 1.34. The minimum absolute atomic E-state index is 0.163. The second kappa shape index (κ2) is 5.17. The molecule has 86 valence electrons. The molecule has 0 bridgehead atoms. The molecule has 1 amide bonds. The number of aromatic nitrogens is 3. The molecule has 0 saturated carbocycles. The Hall–Kier alpha value is -2.28. The Morgan fingerprint density at radius 1 is 1.29 bits per heavy atom. The Kier molecular flexibility index (Phi) is 3.41. The SMILES string of the molecule is O=C(NC(=S)Nc1ncn[nH]1)c1ccccc1. The maximum Gasteiger partial charge on any atom is 0.257 e. The summed E-state index contributed by atoms with van der Waals surface area (Å²) in [5, 5.41) is 11.6. The zero-order valence-corrected chi connectivity index (χ0v) is 9.49. The third kappa shape index (κ3) is 3.08. The number of nitrogens with one attached hydrogen (secondary N) is 3. The number of thiocarbonyl (C=S) groups is 1. The molecule has 0 radical (unpaired) electrons. The summed E-state index contributed by atoms with van der Waals surface area (Å²) >= 11 is 4.95. The Morgan fingerprint density at radius 3 is 2.71 bits per heavy atom. The van der Waals surface area contributed by atoms with Gasteiger partial charge in [0.15, 0.2) is 5.11 Å². The fourth-order valence-electron chi connectivity index (χ4n) is 1.17. The van der Waals surface area contributed by atoms with Crippen molar-refractivity contribution < 1.29 is 4.79 Å². The van der Waals surface area contributed by atoms with Crippen LogP contribution in [0.1, 0.15) is 10.4 Å². The van der Waals surface area contributed by atoms with E-state index < -0.39 is 0 Å². The highest BCUT2D eigenvalue weighted by Crippen LogP contribution is 1.98. The summed E-state index contributed by atoms with van der Waals surface area (Å²) in [4.78, 5) is 15.5. The van der Waals surface area contributed by atoms with Gasteiger partial charge in [-0.15, -0.1) is 0 Å². The van der Waals surface area contributed by atoms with E-state index in [-0.39, 0.29) is 11.0 Å². The minimum Gasteiger partial charge on any atom is -0.301 e. The maximum absolute atomic E-state index is 11.7. The fraction of sp³-hybridized carbons (Fsp3) is 0. The van der Waals surface area contributed by atoms with Gasteiger partial charge in [0.25, 0.3) is 5.91 Å². The van der Waals surface area contributed by atoms with Gasteiger partial charge >= 0.3 is 0 Å². The molecule has 1 heterocycles. The van der Waals surface area contributed by atoms with Crippen LogP contribution in [-0.4, -0.2) is 26.2 Å². The van der Waals surface area contributed by atoms with Gasteiger partial charge in [-0.1, -0.05) is 18.2 Å². The first kappa shape index (κ1) is 11.2. The molecule has 17 heavy (non-hydrogen) atoms. The predicted octanol–water partition coefficient (Wildman–Crippen LogP) is 0.931. The van der Waals surface area contributed by atoms with E-state index in [4.69, 9.17) is 12.2 Å². The van der Waals surface area contributed by atoms with Gasteiger partial charge in [-0.25, -0.2) is 5.10 Å². The predicted molar refractivity (Wildman–Crippen MR) is 66.5 cm³/mol. The van der Waals surface area contributed by atoms with Crippen molar-refractivity contribution >= 4 is 29.2 Å². The van der Waals surface area contributed by atoms with Gasteiger partial charge in [0, 0.05) is 5.56 Å². The lowest BCUT2D eigenvalue weighted by Gasteiger charge is -2.06. The smallest absolute Gasteiger partial charge is 0.257 e. The highest BCUT2D eigenvalue weighted by Gasteiger charge is 2.07. The van der Waals surface area contributed by atoms with Crippen LogP contribution in [0.25, 0.3) is 0 Å². The first-order chi connectivity index (χ1) is 8.25. The van der Waals surface area contributed by atoms with Gasteiger partial charge < -0.3 is 5.32 Å². The van der Waals surface area contributed by atoms with Crippen molar-refractivity contribution in [1.82, 2.24) is 20.5 Å². The van der Waals surface area contributed by atoms with E-state index in [0.717, 1.165) is 0 Å². The van der Waals surface area contributed by atoms with E-state index in [1.807, 2.05) is 6.07 Å². The molecule has 0 fully saturated rings. The summed E-state index contributed by atoms with van der Waals surface area (Å²) in [6, 6.07) is 8.80. The monoisotopic (exact) mass is 247 g/mol. The molecule has 7 heteroatoms. The number of anilines is 1. The van der Waals surface area contributed by atoms with Crippen molar-refractivity contribution in [2.75, 3.05) is 5.32 Å². The number of amides is 1. The first-order valence-corrected chi connectivity index (χ1v) is 5.19. The summed E-state index contributed by atoms with van der Waals surface area (Å²) in [7, 11) is 0. The standard InChI is InChI=1S/C10H9N5OS/c16-8(7-4-2-1-3-5-7)13-10(17)14-9-11-6-12-15-9/h1-6H,(H3,11,12,13,14,15,16,17). The quantitative estimate of drug-likeness (QED) is 0.688. The number of nitrogens with zero attached hydrogens (tertiary/aromatic N) is 2. The van der Waals surface area contributed by atoms with E-state index in [9.17, 15) is 4.79 Å². The number of benzene rings is 1. The lowest BCUT2D eigenvalue weighted by atomic mass is 10.2. The minimum atomic E-state index is -0.275. The zero-order chi connectivity index (χ0) is 12.1. The third-order valence-corrected chi connectivity index (χ3v) is 2.11. The average Bonchev–Trinajstić information content (AvgIpc) is 2.82. The number of rotatable bonds is 2. The molecule has 3 N–H and O–H groups in total. The van der Waals surface area contributed by atoms with Crippen molar-refractivity contribution in [3.05, 3.63) is 42.2 Å². The largest absolute Gasteiger partial charge is 0.301 e. The van der Waals surface area contributed by atoms with E-state index in [2.05, 4.69) is 25.8 Å². The second-order valence-electron chi connectivity index (χ2n) is 3.11. The molecule has 0 atom stereocenters. The number of aromatic amines is 1.